The normalized spacial score (nSPS) is 11.7. The van der Waals surface area contributed by atoms with Crippen molar-refractivity contribution in [2.24, 2.45) is 0 Å². The molecule has 0 heterocycles. The number of nitrogens with one attached hydrogen (secondary N) is 2. The fourth-order valence-electron chi connectivity index (χ4n) is 2.40. The van der Waals surface area contributed by atoms with Gasteiger partial charge in [0.15, 0.2) is 0 Å². The molecule has 1 atom stereocenters. The van der Waals surface area contributed by atoms with Gasteiger partial charge in [-0.15, -0.1) is 0 Å². The van der Waals surface area contributed by atoms with E-state index in [0.29, 0.717) is 17.1 Å². The van der Waals surface area contributed by atoms with Crippen molar-refractivity contribution in [3.8, 4) is 0 Å². The van der Waals surface area contributed by atoms with Gasteiger partial charge in [-0.25, -0.2) is 0 Å². The number of anilines is 1. The van der Waals surface area contributed by atoms with E-state index in [1.54, 1.807) is 23.9 Å². The minimum atomic E-state index is -0.681. The van der Waals surface area contributed by atoms with Crippen LogP contribution in [0.25, 0.3) is 0 Å². The fraction of sp³-hybridized carbons (Fsp3) is 0.263. The number of thioether (sulfide) groups is 1. The van der Waals surface area contributed by atoms with E-state index < -0.39 is 11.9 Å². The molecule has 8 heteroatoms. The van der Waals surface area contributed by atoms with Crippen molar-refractivity contribution in [2.75, 3.05) is 17.3 Å². The number of hydrogen-bond acceptors (Lipinski definition) is 3. The molecule has 2 aromatic carbocycles. The maximum atomic E-state index is 12.8. The molecule has 0 bridgehead atoms. The predicted molar refractivity (Wildman–Crippen MR) is 118 cm³/mol. The van der Waals surface area contributed by atoms with E-state index in [1.165, 1.54) is 6.07 Å². The van der Waals surface area contributed by atoms with Gasteiger partial charge in [0.25, 0.3) is 5.91 Å². The molecule has 2 aromatic rings. The largest absolute Gasteiger partial charge is 0.340 e. The zero-order chi connectivity index (χ0) is 20.0. The number of aryl methyl sites for hydroxylation is 1. The molecule has 2 amide bonds. The van der Waals surface area contributed by atoms with Gasteiger partial charge in [-0.3, -0.25) is 9.59 Å². The van der Waals surface area contributed by atoms with Gasteiger partial charge in [-0.1, -0.05) is 39.1 Å². The van der Waals surface area contributed by atoms with Gasteiger partial charge in [0, 0.05) is 15.2 Å². The highest BCUT2D eigenvalue weighted by molar-refractivity contribution is 9.10. The molecule has 0 aliphatic carbocycles. The Morgan fingerprint density at radius 3 is 2.56 bits per heavy atom. The van der Waals surface area contributed by atoms with Crippen LogP contribution in [0.15, 0.2) is 40.9 Å². The average Bonchev–Trinajstić information content (AvgIpc) is 2.60. The molecule has 0 saturated heterocycles. The summed E-state index contributed by atoms with van der Waals surface area (Å²) in [5.41, 5.74) is 1.91. The summed E-state index contributed by atoms with van der Waals surface area (Å²) in [6.07, 6.45) is 2.45. The van der Waals surface area contributed by atoms with Crippen LogP contribution in [0.2, 0.25) is 10.0 Å². The van der Waals surface area contributed by atoms with Crippen LogP contribution in [0.1, 0.15) is 22.3 Å². The molecule has 27 heavy (non-hydrogen) atoms. The van der Waals surface area contributed by atoms with Crippen molar-refractivity contribution in [2.45, 2.75) is 19.4 Å². The lowest BCUT2D eigenvalue weighted by atomic mass is 10.1. The quantitative estimate of drug-likeness (QED) is 0.535. The standard InChI is InChI=1S/C19H19BrCl2N2O2S/c1-11-9-12(20)3-6-16(11)23-19(26)17(7-8-27-2)24-18(25)14-5-4-13(21)10-15(14)22/h3-6,9-10,17H,7-8H2,1-2H3,(H,23,26)(H,24,25). The second-order valence-electron chi connectivity index (χ2n) is 5.88. The number of carbonyl (C=O) groups excluding carboxylic acids is 2. The molecule has 0 aliphatic rings. The van der Waals surface area contributed by atoms with Gasteiger partial charge in [-0.05, 0) is 67.3 Å². The van der Waals surface area contributed by atoms with E-state index in [1.807, 2.05) is 31.4 Å². The van der Waals surface area contributed by atoms with Gasteiger partial charge in [0.2, 0.25) is 5.91 Å². The van der Waals surface area contributed by atoms with Gasteiger partial charge in [-0.2, -0.15) is 11.8 Å². The minimum Gasteiger partial charge on any atom is -0.340 e. The minimum absolute atomic E-state index is 0.243. The summed E-state index contributed by atoms with van der Waals surface area (Å²) in [6, 6.07) is 9.54. The molecule has 4 nitrogen and oxygen atoms in total. The number of benzene rings is 2. The van der Waals surface area contributed by atoms with Crippen LogP contribution in [0.3, 0.4) is 0 Å². The van der Waals surface area contributed by atoms with Crippen molar-refractivity contribution >= 4 is 68.4 Å². The van der Waals surface area contributed by atoms with Crippen molar-refractivity contribution in [1.82, 2.24) is 5.32 Å². The van der Waals surface area contributed by atoms with E-state index in [9.17, 15) is 9.59 Å². The lowest BCUT2D eigenvalue weighted by molar-refractivity contribution is -0.118. The van der Waals surface area contributed by atoms with E-state index in [-0.39, 0.29) is 16.5 Å². The predicted octanol–water partition coefficient (Wildman–Crippen LogP) is 5.55. The Kier molecular flexibility index (Phi) is 8.48. The highest BCUT2D eigenvalue weighted by atomic mass is 79.9. The van der Waals surface area contributed by atoms with Crippen LogP contribution >= 0.6 is 50.9 Å². The molecular weight excluding hydrogens is 471 g/mol. The third kappa shape index (κ3) is 6.42. The first-order valence-electron chi connectivity index (χ1n) is 8.13. The smallest absolute Gasteiger partial charge is 0.253 e. The van der Waals surface area contributed by atoms with Crippen molar-refractivity contribution in [3.05, 3.63) is 62.0 Å². The summed E-state index contributed by atoms with van der Waals surface area (Å²) < 4.78 is 0.933. The van der Waals surface area contributed by atoms with Crippen LogP contribution in [-0.4, -0.2) is 29.9 Å². The van der Waals surface area contributed by atoms with Crippen LogP contribution in [0, 0.1) is 6.92 Å². The van der Waals surface area contributed by atoms with Crippen LogP contribution in [-0.2, 0) is 4.79 Å². The summed E-state index contributed by atoms with van der Waals surface area (Å²) in [4.78, 5) is 25.3. The van der Waals surface area contributed by atoms with E-state index in [0.717, 1.165) is 15.8 Å². The maximum absolute atomic E-state index is 12.8. The molecule has 0 radical (unpaired) electrons. The van der Waals surface area contributed by atoms with Crippen molar-refractivity contribution in [3.63, 3.8) is 0 Å². The van der Waals surface area contributed by atoms with E-state index >= 15 is 0 Å². The summed E-state index contributed by atoms with van der Waals surface area (Å²) in [5.74, 6) is 0.0461. The summed E-state index contributed by atoms with van der Waals surface area (Å²) in [5, 5.41) is 6.35. The molecule has 0 aromatic heterocycles. The lowest BCUT2D eigenvalue weighted by Crippen LogP contribution is -2.44. The summed E-state index contributed by atoms with van der Waals surface area (Å²) in [6.45, 7) is 1.91. The third-order valence-corrected chi connectivity index (χ3v) is 5.54. The van der Waals surface area contributed by atoms with Crippen LogP contribution in [0.4, 0.5) is 5.69 Å². The van der Waals surface area contributed by atoms with Crippen molar-refractivity contribution < 1.29 is 9.59 Å². The SMILES string of the molecule is CSCCC(NC(=O)c1ccc(Cl)cc1Cl)C(=O)Nc1ccc(Br)cc1C. The van der Waals surface area contributed by atoms with Gasteiger partial charge < -0.3 is 10.6 Å². The number of hydrogen-bond donors (Lipinski definition) is 2. The summed E-state index contributed by atoms with van der Waals surface area (Å²) >= 11 is 17.0. The first-order chi connectivity index (χ1) is 12.8. The Morgan fingerprint density at radius 1 is 1.19 bits per heavy atom. The van der Waals surface area contributed by atoms with E-state index in [2.05, 4.69) is 26.6 Å². The fourth-order valence-corrected chi connectivity index (χ4v) is 3.84. The van der Waals surface area contributed by atoms with Gasteiger partial charge >= 0.3 is 0 Å². The first kappa shape index (κ1) is 22.1. The highest BCUT2D eigenvalue weighted by Crippen LogP contribution is 2.22. The van der Waals surface area contributed by atoms with Crippen LogP contribution in [0.5, 0.6) is 0 Å². The van der Waals surface area contributed by atoms with Crippen LogP contribution < -0.4 is 10.6 Å². The molecule has 0 fully saturated rings. The second-order valence-corrected chi connectivity index (χ2v) is 8.63. The Labute approximate surface area is 181 Å². The monoisotopic (exact) mass is 488 g/mol. The summed E-state index contributed by atoms with van der Waals surface area (Å²) in [7, 11) is 0. The zero-order valence-corrected chi connectivity index (χ0v) is 18.7. The Balaban J connectivity index is 2.15. The van der Waals surface area contributed by atoms with Crippen molar-refractivity contribution in [1.29, 1.82) is 0 Å². The maximum Gasteiger partial charge on any atom is 0.253 e. The number of amides is 2. The molecule has 0 saturated carbocycles. The van der Waals surface area contributed by atoms with Gasteiger partial charge in [0.05, 0.1) is 10.6 Å². The van der Waals surface area contributed by atoms with Gasteiger partial charge in [0.1, 0.15) is 6.04 Å². The molecule has 0 aliphatic heterocycles. The molecule has 2 rings (SSSR count). The molecule has 2 N–H and O–H groups in total. The Hall–Kier alpha value is -1.21. The average molecular weight is 490 g/mol. The highest BCUT2D eigenvalue weighted by Gasteiger charge is 2.23. The lowest BCUT2D eigenvalue weighted by Gasteiger charge is -2.19. The Morgan fingerprint density at radius 2 is 1.93 bits per heavy atom. The number of halogens is 3. The number of carbonyl (C=O) groups is 2. The Bertz CT molecular complexity index is 848. The zero-order valence-electron chi connectivity index (χ0n) is 14.8. The molecule has 144 valence electrons. The molecule has 0 spiro atoms. The third-order valence-electron chi connectivity index (χ3n) is 3.85. The van der Waals surface area contributed by atoms with E-state index in [4.69, 9.17) is 23.2 Å². The number of rotatable bonds is 7. The first-order valence-corrected chi connectivity index (χ1v) is 11.1. The second kappa shape index (κ2) is 10.4. The molecule has 1 unspecified atom stereocenters. The molecular formula is C19H19BrCl2N2O2S. The topological polar surface area (TPSA) is 58.2 Å².